The van der Waals surface area contributed by atoms with Crippen molar-refractivity contribution in [3.63, 3.8) is 0 Å². The molecular weight excluding hydrogens is 368 g/mol. The van der Waals surface area contributed by atoms with Crippen LogP contribution in [-0.2, 0) is 21.5 Å². The summed E-state index contributed by atoms with van der Waals surface area (Å²) in [5.74, 6) is 0.765. The molecule has 0 aliphatic carbocycles. The van der Waals surface area contributed by atoms with Gasteiger partial charge in [-0.2, -0.15) is 0 Å². The maximum absolute atomic E-state index is 12.5. The standard InChI is InChI=1S/C23H30N2O4/c1-16(26)25(14-17-7-12-20(28-5)21(13-17)29-6)15-22(27)24-19-10-8-18(9-11-19)23(2,3)4/h7-13H,14-15H2,1-6H3,(H,24,27). The van der Waals surface area contributed by atoms with E-state index in [9.17, 15) is 9.59 Å². The van der Waals surface area contributed by atoms with E-state index in [1.165, 1.54) is 17.4 Å². The maximum Gasteiger partial charge on any atom is 0.244 e. The molecule has 0 spiro atoms. The lowest BCUT2D eigenvalue weighted by atomic mass is 9.87. The minimum Gasteiger partial charge on any atom is -0.493 e. The highest BCUT2D eigenvalue weighted by Gasteiger charge is 2.17. The molecule has 0 saturated carbocycles. The molecule has 0 unspecified atom stereocenters. The lowest BCUT2D eigenvalue weighted by Gasteiger charge is -2.22. The SMILES string of the molecule is COc1ccc(CN(CC(=O)Nc2ccc(C(C)(C)C)cc2)C(C)=O)cc1OC. The molecular formula is C23H30N2O4. The van der Waals surface area contributed by atoms with Crippen molar-refractivity contribution in [1.29, 1.82) is 0 Å². The van der Waals surface area contributed by atoms with E-state index in [1.54, 1.807) is 26.4 Å². The fourth-order valence-corrected chi connectivity index (χ4v) is 2.91. The number of carbonyl (C=O) groups excluding carboxylic acids is 2. The summed E-state index contributed by atoms with van der Waals surface area (Å²) in [5.41, 5.74) is 2.79. The van der Waals surface area contributed by atoms with Gasteiger partial charge in [0.05, 0.1) is 14.2 Å². The topological polar surface area (TPSA) is 67.9 Å². The number of nitrogens with zero attached hydrogens (tertiary/aromatic N) is 1. The zero-order valence-electron chi connectivity index (χ0n) is 18.0. The maximum atomic E-state index is 12.5. The van der Waals surface area contributed by atoms with Gasteiger partial charge in [0.2, 0.25) is 11.8 Å². The summed E-state index contributed by atoms with van der Waals surface area (Å²) in [6, 6.07) is 13.2. The van der Waals surface area contributed by atoms with E-state index in [2.05, 4.69) is 26.1 Å². The predicted octanol–water partition coefficient (Wildman–Crippen LogP) is 3.99. The average molecular weight is 399 g/mol. The van der Waals surface area contributed by atoms with Gasteiger partial charge in [-0.1, -0.05) is 39.0 Å². The van der Waals surface area contributed by atoms with E-state index >= 15 is 0 Å². The van der Waals surface area contributed by atoms with Gasteiger partial charge in [0.15, 0.2) is 11.5 Å². The molecule has 0 radical (unpaired) electrons. The van der Waals surface area contributed by atoms with Crippen molar-refractivity contribution >= 4 is 17.5 Å². The van der Waals surface area contributed by atoms with Crippen LogP contribution in [0.4, 0.5) is 5.69 Å². The number of rotatable bonds is 7. The largest absolute Gasteiger partial charge is 0.493 e. The third-order valence-corrected chi connectivity index (χ3v) is 4.64. The van der Waals surface area contributed by atoms with E-state index in [4.69, 9.17) is 9.47 Å². The number of amides is 2. The van der Waals surface area contributed by atoms with Crippen molar-refractivity contribution in [3.8, 4) is 11.5 Å². The summed E-state index contributed by atoms with van der Waals surface area (Å²) >= 11 is 0. The van der Waals surface area contributed by atoms with Crippen LogP contribution in [0, 0.1) is 0 Å². The molecule has 29 heavy (non-hydrogen) atoms. The number of anilines is 1. The van der Waals surface area contributed by atoms with Crippen LogP contribution >= 0.6 is 0 Å². The van der Waals surface area contributed by atoms with Gasteiger partial charge in [-0.15, -0.1) is 0 Å². The molecule has 0 atom stereocenters. The third-order valence-electron chi connectivity index (χ3n) is 4.64. The van der Waals surface area contributed by atoms with Gasteiger partial charge in [0.25, 0.3) is 0 Å². The van der Waals surface area contributed by atoms with Crippen LogP contribution in [0.1, 0.15) is 38.8 Å². The number of carbonyl (C=O) groups is 2. The fourth-order valence-electron chi connectivity index (χ4n) is 2.91. The van der Waals surface area contributed by atoms with Gasteiger partial charge in [0.1, 0.15) is 6.54 Å². The molecule has 1 N–H and O–H groups in total. The summed E-state index contributed by atoms with van der Waals surface area (Å²) in [5, 5.41) is 2.85. The molecule has 6 heteroatoms. The minimum atomic E-state index is -0.246. The summed E-state index contributed by atoms with van der Waals surface area (Å²) in [4.78, 5) is 26.0. The van der Waals surface area contributed by atoms with Crippen molar-refractivity contribution < 1.29 is 19.1 Å². The van der Waals surface area contributed by atoms with Crippen LogP contribution in [0.5, 0.6) is 11.5 Å². The number of nitrogens with one attached hydrogen (secondary N) is 1. The lowest BCUT2D eigenvalue weighted by molar-refractivity contribution is -0.133. The molecule has 0 bridgehead atoms. The highest BCUT2D eigenvalue weighted by molar-refractivity contribution is 5.94. The third kappa shape index (κ3) is 6.24. The molecule has 0 fully saturated rings. The Labute approximate surface area is 172 Å². The summed E-state index contributed by atoms with van der Waals surface area (Å²) in [6.45, 7) is 8.13. The van der Waals surface area contributed by atoms with Crippen LogP contribution in [0.2, 0.25) is 0 Å². The first kappa shape index (κ1) is 22.3. The molecule has 0 heterocycles. The second kappa shape index (κ2) is 9.45. The number of ether oxygens (including phenoxy) is 2. The predicted molar refractivity (Wildman–Crippen MR) is 114 cm³/mol. The summed E-state index contributed by atoms with van der Waals surface area (Å²) < 4.78 is 10.5. The highest BCUT2D eigenvalue weighted by Crippen LogP contribution is 2.28. The quantitative estimate of drug-likeness (QED) is 0.766. The first-order valence-electron chi connectivity index (χ1n) is 9.51. The first-order valence-corrected chi connectivity index (χ1v) is 9.51. The normalized spacial score (nSPS) is 11.0. The van der Waals surface area contributed by atoms with Crippen molar-refractivity contribution in [2.75, 3.05) is 26.1 Å². The van der Waals surface area contributed by atoms with Crippen LogP contribution < -0.4 is 14.8 Å². The Morgan fingerprint density at radius 1 is 0.966 bits per heavy atom. The number of benzene rings is 2. The zero-order valence-corrected chi connectivity index (χ0v) is 18.0. The molecule has 2 aromatic rings. The number of methoxy groups -OCH3 is 2. The van der Waals surface area contributed by atoms with Gasteiger partial charge in [0, 0.05) is 19.2 Å². The molecule has 0 saturated heterocycles. The molecule has 2 aromatic carbocycles. The Hall–Kier alpha value is -3.02. The number of hydrogen-bond donors (Lipinski definition) is 1. The molecule has 2 amide bonds. The molecule has 0 aromatic heterocycles. The number of hydrogen-bond acceptors (Lipinski definition) is 4. The van der Waals surface area contributed by atoms with Gasteiger partial charge in [-0.3, -0.25) is 9.59 Å². The van der Waals surface area contributed by atoms with E-state index in [-0.39, 0.29) is 23.8 Å². The van der Waals surface area contributed by atoms with Crippen molar-refractivity contribution in [2.45, 2.75) is 39.7 Å². The van der Waals surface area contributed by atoms with Crippen molar-refractivity contribution in [3.05, 3.63) is 53.6 Å². The molecule has 0 aliphatic rings. The molecule has 2 rings (SSSR count). The average Bonchev–Trinajstić information content (AvgIpc) is 2.66. The smallest absolute Gasteiger partial charge is 0.244 e. The van der Waals surface area contributed by atoms with Crippen LogP contribution in [0.15, 0.2) is 42.5 Å². The Morgan fingerprint density at radius 3 is 2.10 bits per heavy atom. The summed E-state index contributed by atoms with van der Waals surface area (Å²) in [7, 11) is 3.13. The second-order valence-electron chi connectivity index (χ2n) is 7.94. The van der Waals surface area contributed by atoms with Gasteiger partial charge < -0.3 is 19.7 Å². The lowest BCUT2D eigenvalue weighted by Crippen LogP contribution is -2.36. The minimum absolute atomic E-state index is 0.0370. The second-order valence-corrected chi connectivity index (χ2v) is 7.94. The van der Waals surface area contributed by atoms with E-state index in [1.807, 2.05) is 30.3 Å². The van der Waals surface area contributed by atoms with E-state index < -0.39 is 0 Å². The van der Waals surface area contributed by atoms with Gasteiger partial charge >= 0.3 is 0 Å². The van der Waals surface area contributed by atoms with Crippen LogP contribution in [0.3, 0.4) is 0 Å². The molecule has 156 valence electrons. The van der Waals surface area contributed by atoms with Crippen molar-refractivity contribution in [2.24, 2.45) is 0 Å². The van der Waals surface area contributed by atoms with Gasteiger partial charge in [-0.05, 0) is 40.8 Å². The summed E-state index contributed by atoms with van der Waals surface area (Å²) in [6.07, 6.45) is 0. The zero-order chi connectivity index (χ0) is 21.6. The Bertz CT molecular complexity index is 854. The highest BCUT2D eigenvalue weighted by atomic mass is 16.5. The molecule has 6 nitrogen and oxygen atoms in total. The monoisotopic (exact) mass is 398 g/mol. The van der Waals surface area contributed by atoms with Crippen molar-refractivity contribution in [1.82, 2.24) is 4.90 Å². The van der Waals surface area contributed by atoms with Gasteiger partial charge in [-0.25, -0.2) is 0 Å². The van der Waals surface area contributed by atoms with E-state index in [0.29, 0.717) is 23.7 Å². The van der Waals surface area contributed by atoms with Crippen LogP contribution in [-0.4, -0.2) is 37.5 Å². The van der Waals surface area contributed by atoms with E-state index in [0.717, 1.165) is 5.56 Å². The van der Waals surface area contributed by atoms with Crippen LogP contribution in [0.25, 0.3) is 0 Å². The Morgan fingerprint density at radius 2 is 1.59 bits per heavy atom. The Balaban J connectivity index is 2.05. The Kier molecular flexibility index (Phi) is 7.26. The fraction of sp³-hybridized carbons (Fsp3) is 0.391. The molecule has 0 aliphatic heterocycles. The first-order chi connectivity index (χ1) is 13.6.